The van der Waals surface area contributed by atoms with Crippen molar-refractivity contribution in [2.75, 3.05) is 6.61 Å². The highest BCUT2D eigenvalue weighted by atomic mass is 31.3. The average molecular weight is 382 g/mol. The van der Waals surface area contributed by atoms with E-state index in [1.807, 2.05) is 0 Å². The largest absolute Gasteiger partial charge is 0.790 e. The maximum absolute atomic E-state index is 11.3. The topological polar surface area (TPSA) is 212 Å². The Labute approximate surface area is 125 Å². The minimum absolute atomic E-state index is 0.0178. The molecule has 0 saturated heterocycles. The van der Waals surface area contributed by atoms with Crippen LogP contribution in [0, 0.1) is 5.92 Å². The third-order valence-electron chi connectivity index (χ3n) is 2.82. The van der Waals surface area contributed by atoms with Crippen LogP contribution < -0.4 is 19.6 Å². The number of phosphoric ester groups is 1. The maximum atomic E-state index is 11.3. The lowest BCUT2D eigenvalue weighted by Crippen LogP contribution is -2.42. The summed E-state index contributed by atoms with van der Waals surface area (Å²) < 4.78 is 42.7. The van der Waals surface area contributed by atoms with Gasteiger partial charge < -0.3 is 38.9 Å². The van der Waals surface area contributed by atoms with Crippen LogP contribution in [0.5, 0.6) is 0 Å². The van der Waals surface area contributed by atoms with E-state index >= 15 is 0 Å². The van der Waals surface area contributed by atoms with Crippen LogP contribution in [0.3, 0.4) is 0 Å². The summed E-state index contributed by atoms with van der Waals surface area (Å²) in [6.07, 6.45) is -1.15. The van der Waals surface area contributed by atoms with Gasteiger partial charge in [0.05, 0.1) is 20.5 Å². The molecule has 5 unspecified atom stereocenters. The summed E-state index contributed by atoms with van der Waals surface area (Å²) in [5, 5.41) is 19.5. The quantitative estimate of drug-likeness (QED) is 0.431. The SMILES string of the molecule is CC1CC(O)C(O)(COP(=O)([O-])OP(=O)([O-])OP(=O)([O-])[O-])C1. The molecule has 0 heterocycles. The highest BCUT2D eigenvalue weighted by Crippen LogP contribution is 2.60. The third kappa shape index (κ3) is 6.45. The lowest BCUT2D eigenvalue weighted by atomic mass is 10.0. The van der Waals surface area contributed by atoms with Crippen molar-refractivity contribution >= 4 is 23.5 Å². The summed E-state index contributed by atoms with van der Waals surface area (Å²) in [6.45, 7) is 0.653. The number of rotatable bonds is 7. The molecule has 2 N–H and O–H groups in total. The molecule has 1 aliphatic rings. The number of hydrogen-bond acceptors (Lipinski definition) is 12. The Morgan fingerprint density at radius 2 is 1.68 bits per heavy atom. The minimum Gasteiger partial charge on any atom is -0.790 e. The van der Waals surface area contributed by atoms with E-state index in [0.717, 1.165) is 0 Å². The Bertz CT molecular complexity index is 543. The molecule has 0 bridgehead atoms. The average Bonchev–Trinajstić information content (AvgIpc) is 2.45. The number of phosphoric acid groups is 3. The maximum Gasteiger partial charge on any atom is 0.278 e. The molecule has 0 aromatic heterocycles. The van der Waals surface area contributed by atoms with Gasteiger partial charge >= 0.3 is 0 Å². The highest BCUT2D eigenvalue weighted by molar-refractivity contribution is 7.64. The lowest BCUT2D eigenvalue weighted by molar-refractivity contribution is -0.339. The third-order valence-corrected chi connectivity index (χ3v) is 6.47. The zero-order valence-corrected chi connectivity index (χ0v) is 13.8. The van der Waals surface area contributed by atoms with Crippen molar-refractivity contribution in [1.82, 2.24) is 0 Å². The summed E-state index contributed by atoms with van der Waals surface area (Å²) in [4.78, 5) is 42.4. The van der Waals surface area contributed by atoms with Crippen LogP contribution in [0.25, 0.3) is 0 Å². The molecule has 12 nitrogen and oxygen atoms in total. The first-order valence-electron chi connectivity index (χ1n) is 5.76. The van der Waals surface area contributed by atoms with Gasteiger partial charge in [0.2, 0.25) is 0 Å². The van der Waals surface area contributed by atoms with E-state index in [2.05, 4.69) is 13.1 Å². The highest BCUT2D eigenvalue weighted by Gasteiger charge is 2.44. The van der Waals surface area contributed by atoms with Crippen LogP contribution in [0.4, 0.5) is 0 Å². The fourth-order valence-corrected chi connectivity index (χ4v) is 4.97. The van der Waals surface area contributed by atoms with Gasteiger partial charge in [-0.2, -0.15) is 0 Å². The molecule has 0 amide bonds. The van der Waals surface area contributed by atoms with E-state index in [1.165, 1.54) is 0 Å². The van der Waals surface area contributed by atoms with E-state index in [0.29, 0.717) is 0 Å². The van der Waals surface area contributed by atoms with Gasteiger partial charge in [-0.15, -0.1) is 0 Å². The molecule has 0 spiro atoms. The summed E-state index contributed by atoms with van der Waals surface area (Å²) >= 11 is 0. The molecular formula is C7H13O12P3-4. The predicted molar refractivity (Wildman–Crippen MR) is 60.3 cm³/mol. The van der Waals surface area contributed by atoms with Gasteiger partial charge in [-0.25, -0.2) is 4.31 Å². The molecule has 1 saturated carbocycles. The first kappa shape index (κ1) is 20.4. The number of aliphatic hydroxyl groups is 2. The van der Waals surface area contributed by atoms with Crippen molar-refractivity contribution in [2.45, 2.75) is 31.5 Å². The zero-order chi connectivity index (χ0) is 17.4. The molecule has 22 heavy (non-hydrogen) atoms. The predicted octanol–water partition coefficient (Wildman–Crippen LogP) is -2.68. The van der Waals surface area contributed by atoms with Crippen molar-refractivity contribution in [2.24, 2.45) is 5.92 Å². The molecule has 132 valence electrons. The molecule has 0 aromatic carbocycles. The van der Waals surface area contributed by atoms with Crippen LogP contribution in [0.15, 0.2) is 0 Å². The van der Waals surface area contributed by atoms with Crippen LogP contribution in [0.1, 0.15) is 19.8 Å². The van der Waals surface area contributed by atoms with E-state index in [-0.39, 0.29) is 18.8 Å². The van der Waals surface area contributed by atoms with E-state index in [9.17, 15) is 43.5 Å². The standard InChI is InChI=1S/C7H17O12P3/c1-5-2-6(8)7(9,3-5)4-17-21(13,14)19-22(15,16)18-20(10,11)12/h5-6,8-9H,2-4H2,1H3,(H,13,14)(H,15,16)(H2,10,11,12)/p-4. The fraction of sp³-hybridized carbons (Fsp3) is 1.00. The molecule has 1 fully saturated rings. The van der Waals surface area contributed by atoms with Crippen molar-refractivity contribution in [3.63, 3.8) is 0 Å². The monoisotopic (exact) mass is 382 g/mol. The molecule has 0 radical (unpaired) electrons. The number of aliphatic hydroxyl groups excluding tert-OH is 1. The molecule has 5 atom stereocenters. The molecule has 15 heteroatoms. The zero-order valence-electron chi connectivity index (χ0n) is 11.1. The van der Waals surface area contributed by atoms with Crippen molar-refractivity contribution < 1.29 is 56.6 Å². The summed E-state index contributed by atoms with van der Waals surface area (Å²) in [5.74, 6) is -0.142. The Morgan fingerprint density at radius 3 is 2.09 bits per heavy atom. The van der Waals surface area contributed by atoms with Crippen molar-refractivity contribution in [1.29, 1.82) is 0 Å². The van der Waals surface area contributed by atoms with Gasteiger partial charge in [0.15, 0.2) is 0 Å². The molecule has 0 aromatic rings. The number of hydrogen-bond donors (Lipinski definition) is 2. The van der Waals surface area contributed by atoms with Crippen molar-refractivity contribution in [3.8, 4) is 0 Å². The molecular weight excluding hydrogens is 369 g/mol. The van der Waals surface area contributed by atoms with Crippen LogP contribution >= 0.6 is 23.5 Å². The van der Waals surface area contributed by atoms with Gasteiger partial charge in [0.1, 0.15) is 5.60 Å². The summed E-state index contributed by atoms with van der Waals surface area (Å²) in [7, 11) is -17.7. The van der Waals surface area contributed by atoms with Crippen molar-refractivity contribution in [3.05, 3.63) is 0 Å². The second-order valence-electron chi connectivity index (χ2n) is 4.94. The van der Waals surface area contributed by atoms with Gasteiger partial charge in [-0.3, -0.25) is 13.4 Å². The van der Waals surface area contributed by atoms with E-state index < -0.39 is 41.8 Å². The first-order chi connectivity index (χ1) is 9.64. The normalized spacial score (nSPS) is 35.0. The smallest absolute Gasteiger partial charge is 0.278 e. The fourth-order valence-electron chi connectivity index (χ4n) is 2.05. The first-order valence-corrected chi connectivity index (χ1v) is 10.1. The minimum atomic E-state index is -6.05. The van der Waals surface area contributed by atoms with Crippen LogP contribution in [0.2, 0.25) is 0 Å². The Kier molecular flexibility index (Phi) is 6.19. The second-order valence-corrected chi connectivity index (χ2v) is 9.19. The van der Waals surface area contributed by atoms with Gasteiger partial charge in [0.25, 0.3) is 15.6 Å². The molecule has 0 aliphatic heterocycles. The Hall–Kier alpha value is 0.330. The van der Waals surface area contributed by atoms with Gasteiger partial charge in [-0.1, -0.05) is 6.92 Å². The van der Waals surface area contributed by atoms with Gasteiger partial charge in [-0.05, 0) is 18.8 Å². The molecule has 1 aliphatic carbocycles. The summed E-state index contributed by atoms with van der Waals surface area (Å²) in [5.41, 5.74) is -1.94. The van der Waals surface area contributed by atoms with Crippen LogP contribution in [-0.2, 0) is 26.8 Å². The van der Waals surface area contributed by atoms with E-state index in [1.54, 1.807) is 6.92 Å². The van der Waals surface area contributed by atoms with E-state index in [4.69, 9.17) is 0 Å². The second kappa shape index (κ2) is 6.68. The van der Waals surface area contributed by atoms with Crippen LogP contribution in [-0.4, -0.2) is 28.5 Å². The Balaban J connectivity index is 2.67. The Morgan fingerprint density at radius 1 is 1.14 bits per heavy atom. The van der Waals surface area contributed by atoms with Gasteiger partial charge in [0, 0.05) is 0 Å². The molecule has 1 rings (SSSR count). The lowest BCUT2D eigenvalue weighted by Gasteiger charge is -2.38. The summed E-state index contributed by atoms with van der Waals surface area (Å²) in [6, 6.07) is 0.